The first-order valence-corrected chi connectivity index (χ1v) is 6.64. The fourth-order valence-corrected chi connectivity index (χ4v) is 2.47. The van der Waals surface area contributed by atoms with Crippen LogP contribution >= 0.6 is 11.8 Å². The van der Waals surface area contributed by atoms with Gasteiger partial charge < -0.3 is 14.6 Å². The number of ether oxygens (including phenoxy) is 1. The van der Waals surface area contributed by atoms with Crippen LogP contribution in [0.2, 0.25) is 0 Å². The maximum Gasteiger partial charge on any atom is 0.190 e. The molecule has 0 aromatic carbocycles. The number of aryl methyl sites for hydroxylation is 1. The molecule has 2 heterocycles. The lowest BCUT2D eigenvalue weighted by Crippen LogP contribution is -2.28. The van der Waals surface area contributed by atoms with Crippen LogP contribution in [0, 0.1) is 0 Å². The summed E-state index contributed by atoms with van der Waals surface area (Å²) in [5.74, 6) is 1.01. The molecule has 1 aromatic rings. The zero-order chi connectivity index (χ0) is 11.2. The zero-order valence-corrected chi connectivity index (χ0v) is 10.4. The van der Waals surface area contributed by atoms with Crippen LogP contribution in [0.25, 0.3) is 0 Å². The van der Waals surface area contributed by atoms with E-state index in [9.17, 15) is 0 Å². The summed E-state index contributed by atoms with van der Waals surface area (Å²) in [5, 5.41) is 12.2. The van der Waals surface area contributed by atoms with Crippen LogP contribution in [0.5, 0.6) is 0 Å². The van der Waals surface area contributed by atoms with Crippen LogP contribution in [0.4, 0.5) is 0 Å². The van der Waals surface area contributed by atoms with E-state index in [-0.39, 0.29) is 0 Å². The van der Waals surface area contributed by atoms with E-state index < -0.39 is 0 Å². The van der Waals surface area contributed by atoms with Gasteiger partial charge in [0.25, 0.3) is 0 Å². The molecule has 2 rings (SSSR count). The lowest BCUT2D eigenvalue weighted by atomic mass is 10.2. The normalized spacial score (nSPS) is 20.4. The van der Waals surface area contributed by atoms with Crippen LogP contribution < -0.4 is 5.32 Å². The van der Waals surface area contributed by atoms with Crippen LogP contribution in [0.1, 0.15) is 12.8 Å². The summed E-state index contributed by atoms with van der Waals surface area (Å²) in [4.78, 5) is 0. The molecule has 0 amide bonds. The van der Waals surface area contributed by atoms with Crippen molar-refractivity contribution in [3.05, 3.63) is 6.33 Å². The second-order valence-corrected chi connectivity index (χ2v) is 4.97. The van der Waals surface area contributed by atoms with Crippen molar-refractivity contribution in [2.45, 2.75) is 24.1 Å². The fraction of sp³-hybridized carbons (Fsp3) is 0.800. The average molecular weight is 242 g/mol. The average Bonchev–Trinajstić information content (AvgIpc) is 2.90. The minimum Gasteiger partial charge on any atom is -0.377 e. The summed E-state index contributed by atoms with van der Waals surface area (Å²) >= 11 is 1.72. The number of hydrogen-bond acceptors (Lipinski definition) is 5. The highest BCUT2D eigenvalue weighted by molar-refractivity contribution is 7.99. The molecular weight excluding hydrogens is 224 g/mol. The number of hydrogen-bond donors (Lipinski definition) is 1. The highest BCUT2D eigenvalue weighted by atomic mass is 32.2. The molecule has 6 heteroatoms. The van der Waals surface area contributed by atoms with Gasteiger partial charge in [-0.2, -0.15) is 0 Å². The fourth-order valence-electron chi connectivity index (χ4n) is 1.69. The maximum absolute atomic E-state index is 5.53. The van der Waals surface area contributed by atoms with Crippen molar-refractivity contribution in [2.24, 2.45) is 7.05 Å². The highest BCUT2D eigenvalue weighted by Crippen LogP contribution is 2.12. The third kappa shape index (κ3) is 3.47. The topological polar surface area (TPSA) is 52.0 Å². The van der Waals surface area contributed by atoms with Gasteiger partial charge in [-0.15, -0.1) is 10.2 Å². The first-order valence-electron chi connectivity index (χ1n) is 5.65. The summed E-state index contributed by atoms with van der Waals surface area (Å²) in [5.41, 5.74) is 0. The number of nitrogens with zero attached hydrogens (tertiary/aromatic N) is 3. The summed E-state index contributed by atoms with van der Waals surface area (Å²) in [6.07, 6.45) is 4.56. The quantitative estimate of drug-likeness (QED) is 0.587. The first-order chi connectivity index (χ1) is 7.86. The molecule has 0 saturated carbocycles. The molecule has 1 N–H and O–H groups in total. The van der Waals surface area contributed by atoms with E-state index in [4.69, 9.17) is 4.74 Å². The molecule has 0 aliphatic carbocycles. The van der Waals surface area contributed by atoms with Crippen LogP contribution in [-0.2, 0) is 11.8 Å². The largest absolute Gasteiger partial charge is 0.377 e. The molecule has 1 aromatic heterocycles. The Bertz CT molecular complexity index is 312. The Morgan fingerprint density at radius 1 is 1.69 bits per heavy atom. The van der Waals surface area contributed by atoms with Crippen LogP contribution in [0.3, 0.4) is 0 Å². The van der Waals surface area contributed by atoms with Crippen LogP contribution in [-0.4, -0.2) is 46.3 Å². The Morgan fingerprint density at radius 3 is 3.31 bits per heavy atom. The van der Waals surface area contributed by atoms with E-state index in [0.29, 0.717) is 6.10 Å². The summed E-state index contributed by atoms with van der Waals surface area (Å²) in [6, 6.07) is 0. The second-order valence-electron chi connectivity index (χ2n) is 3.91. The SMILES string of the molecule is Cn1cnnc1SCCNCC1CCCO1. The summed E-state index contributed by atoms with van der Waals surface area (Å²) in [7, 11) is 1.96. The minimum atomic E-state index is 0.430. The predicted molar refractivity (Wildman–Crippen MR) is 63.6 cm³/mol. The van der Waals surface area contributed by atoms with E-state index in [0.717, 1.165) is 30.6 Å². The number of aromatic nitrogens is 3. The Morgan fingerprint density at radius 2 is 2.62 bits per heavy atom. The molecule has 1 unspecified atom stereocenters. The standard InChI is InChI=1S/C10H18N4OS/c1-14-8-12-13-10(14)16-6-4-11-7-9-3-2-5-15-9/h8-9,11H,2-7H2,1H3. The van der Waals surface area contributed by atoms with Gasteiger partial charge in [-0.05, 0) is 12.8 Å². The molecule has 1 aliphatic heterocycles. The summed E-state index contributed by atoms with van der Waals surface area (Å²) in [6.45, 7) is 2.89. The number of rotatable bonds is 6. The summed E-state index contributed by atoms with van der Waals surface area (Å²) < 4.78 is 7.46. The lowest BCUT2D eigenvalue weighted by Gasteiger charge is -2.09. The van der Waals surface area contributed by atoms with Crippen molar-refractivity contribution in [1.82, 2.24) is 20.1 Å². The van der Waals surface area contributed by atoms with Gasteiger partial charge in [-0.1, -0.05) is 11.8 Å². The van der Waals surface area contributed by atoms with Gasteiger partial charge >= 0.3 is 0 Å². The molecule has 1 fully saturated rings. The highest BCUT2D eigenvalue weighted by Gasteiger charge is 2.14. The molecule has 0 spiro atoms. The molecular formula is C10H18N4OS. The Labute approximate surface area is 100.0 Å². The number of nitrogens with one attached hydrogen (secondary N) is 1. The molecule has 1 aliphatic rings. The lowest BCUT2D eigenvalue weighted by molar-refractivity contribution is 0.110. The number of thioether (sulfide) groups is 1. The molecule has 5 nitrogen and oxygen atoms in total. The molecule has 90 valence electrons. The Balaban J connectivity index is 1.53. The van der Waals surface area contributed by atoms with Crippen molar-refractivity contribution < 1.29 is 4.74 Å². The smallest absolute Gasteiger partial charge is 0.190 e. The van der Waals surface area contributed by atoms with Crippen molar-refractivity contribution in [2.75, 3.05) is 25.4 Å². The van der Waals surface area contributed by atoms with Gasteiger partial charge in [0.2, 0.25) is 0 Å². The van der Waals surface area contributed by atoms with Gasteiger partial charge in [0.15, 0.2) is 5.16 Å². The van der Waals surface area contributed by atoms with Gasteiger partial charge in [0.05, 0.1) is 6.10 Å². The van der Waals surface area contributed by atoms with Crippen molar-refractivity contribution >= 4 is 11.8 Å². The van der Waals surface area contributed by atoms with Crippen molar-refractivity contribution in [1.29, 1.82) is 0 Å². The third-order valence-electron chi connectivity index (χ3n) is 2.58. The van der Waals surface area contributed by atoms with Gasteiger partial charge in [-0.3, -0.25) is 0 Å². The Kier molecular flexibility index (Phi) is 4.62. The van der Waals surface area contributed by atoms with E-state index in [2.05, 4.69) is 15.5 Å². The predicted octanol–water partition coefficient (Wildman–Crippen LogP) is 0.676. The van der Waals surface area contributed by atoms with Gasteiger partial charge in [0.1, 0.15) is 6.33 Å². The molecule has 0 radical (unpaired) electrons. The van der Waals surface area contributed by atoms with E-state index in [1.807, 2.05) is 11.6 Å². The van der Waals surface area contributed by atoms with Gasteiger partial charge in [0, 0.05) is 32.5 Å². The molecule has 1 saturated heterocycles. The van der Waals surface area contributed by atoms with Crippen molar-refractivity contribution in [3.63, 3.8) is 0 Å². The van der Waals surface area contributed by atoms with Gasteiger partial charge in [-0.25, -0.2) is 0 Å². The van der Waals surface area contributed by atoms with Crippen LogP contribution in [0.15, 0.2) is 11.5 Å². The molecule has 0 bridgehead atoms. The third-order valence-corrected chi connectivity index (χ3v) is 3.61. The first kappa shape index (κ1) is 11.9. The molecule has 16 heavy (non-hydrogen) atoms. The second kappa shape index (κ2) is 6.22. The Hall–Kier alpha value is -0.590. The monoisotopic (exact) mass is 242 g/mol. The van der Waals surface area contributed by atoms with E-state index in [1.54, 1.807) is 18.1 Å². The van der Waals surface area contributed by atoms with E-state index in [1.165, 1.54) is 12.8 Å². The zero-order valence-electron chi connectivity index (χ0n) is 9.56. The minimum absolute atomic E-state index is 0.430. The van der Waals surface area contributed by atoms with Crippen molar-refractivity contribution in [3.8, 4) is 0 Å². The molecule has 1 atom stereocenters. The maximum atomic E-state index is 5.53. The van der Waals surface area contributed by atoms with E-state index >= 15 is 0 Å².